The van der Waals surface area contributed by atoms with Crippen LogP contribution >= 0.6 is 35.3 Å². The lowest BCUT2D eigenvalue weighted by Crippen LogP contribution is -2.40. The Morgan fingerprint density at radius 2 is 2.12 bits per heavy atom. The Hall–Kier alpha value is -1.09. The van der Waals surface area contributed by atoms with E-state index < -0.39 is 0 Å². The van der Waals surface area contributed by atoms with E-state index in [1.54, 1.807) is 17.6 Å². The molecule has 2 heterocycles. The first-order valence-corrected chi connectivity index (χ1v) is 8.83. The summed E-state index contributed by atoms with van der Waals surface area (Å²) in [6.45, 7) is 10.8. The molecule has 0 amide bonds. The van der Waals surface area contributed by atoms with Crippen molar-refractivity contribution in [3.05, 3.63) is 39.7 Å². The van der Waals surface area contributed by atoms with Crippen LogP contribution in [0.15, 0.2) is 27.8 Å². The maximum atomic E-state index is 5.35. The van der Waals surface area contributed by atoms with Gasteiger partial charge in [0.25, 0.3) is 0 Å². The molecule has 0 saturated carbocycles. The Bertz CT molecular complexity index is 603. The van der Waals surface area contributed by atoms with Crippen molar-refractivity contribution in [1.82, 2.24) is 15.6 Å². The number of rotatable bonds is 7. The maximum absolute atomic E-state index is 5.35. The topological polar surface area (TPSA) is 62.5 Å². The van der Waals surface area contributed by atoms with E-state index >= 15 is 0 Å². The van der Waals surface area contributed by atoms with E-state index in [2.05, 4.69) is 41.4 Å². The zero-order valence-corrected chi connectivity index (χ0v) is 17.9. The van der Waals surface area contributed by atoms with Gasteiger partial charge in [-0.3, -0.25) is 0 Å². The molecular weight excluding hydrogens is 435 g/mol. The molecule has 134 valence electrons. The number of aliphatic imine (C=N–C) groups is 1. The Morgan fingerprint density at radius 1 is 1.33 bits per heavy atom. The highest BCUT2D eigenvalue weighted by molar-refractivity contribution is 14.0. The van der Waals surface area contributed by atoms with Crippen molar-refractivity contribution >= 4 is 41.3 Å². The minimum Gasteiger partial charge on any atom is -0.469 e. The van der Waals surface area contributed by atoms with Crippen LogP contribution in [-0.4, -0.2) is 24.0 Å². The van der Waals surface area contributed by atoms with Crippen molar-refractivity contribution in [1.29, 1.82) is 0 Å². The number of halogens is 1. The first kappa shape index (κ1) is 21.0. The fourth-order valence-electron chi connectivity index (χ4n) is 1.99. The predicted octanol–water partition coefficient (Wildman–Crippen LogP) is 3.90. The number of nitrogens with zero attached hydrogens (tertiary/aromatic N) is 2. The molecule has 0 saturated heterocycles. The van der Waals surface area contributed by atoms with Gasteiger partial charge < -0.3 is 15.1 Å². The van der Waals surface area contributed by atoms with Gasteiger partial charge in [0, 0.05) is 24.4 Å². The molecule has 2 rings (SSSR count). The summed E-state index contributed by atoms with van der Waals surface area (Å²) in [5.41, 5.74) is 1.10. The summed E-state index contributed by atoms with van der Waals surface area (Å²) in [6.07, 6.45) is 2.54. The van der Waals surface area contributed by atoms with Gasteiger partial charge in [0.15, 0.2) is 5.96 Å². The molecule has 0 aliphatic rings. The number of guanidine groups is 1. The van der Waals surface area contributed by atoms with E-state index in [9.17, 15) is 0 Å². The molecule has 0 aliphatic carbocycles. The van der Waals surface area contributed by atoms with E-state index in [0.717, 1.165) is 41.9 Å². The van der Waals surface area contributed by atoms with Crippen LogP contribution < -0.4 is 10.6 Å². The highest BCUT2D eigenvalue weighted by Gasteiger charge is 2.05. The molecule has 0 aliphatic heterocycles. The van der Waals surface area contributed by atoms with Crippen LogP contribution in [0.25, 0.3) is 0 Å². The van der Waals surface area contributed by atoms with Crippen LogP contribution in [0.1, 0.15) is 35.2 Å². The summed E-state index contributed by atoms with van der Waals surface area (Å²) in [4.78, 5) is 10.5. The molecule has 0 atom stereocenters. The lowest BCUT2D eigenvalue weighted by atomic mass is 10.2. The fourth-order valence-corrected chi connectivity index (χ4v) is 2.85. The monoisotopic (exact) mass is 462 g/mol. The van der Waals surface area contributed by atoms with Gasteiger partial charge in [0.1, 0.15) is 10.8 Å². The number of nitrogens with one attached hydrogen (secondary N) is 2. The molecule has 7 heteroatoms. The summed E-state index contributed by atoms with van der Waals surface area (Å²) in [7, 11) is 0. The number of aromatic nitrogens is 1. The van der Waals surface area contributed by atoms with Gasteiger partial charge in [-0.25, -0.2) is 9.98 Å². The van der Waals surface area contributed by atoms with Crippen molar-refractivity contribution in [2.75, 3.05) is 13.1 Å². The third kappa shape index (κ3) is 7.21. The maximum Gasteiger partial charge on any atom is 0.191 e. The summed E-state index contributed by atoms with van der Waals surface area (Å²) in [6, 6.07) is 3.90. The van der Waals surface area contributed by atoms with E-state index in [0.29, 0.717) is 12.5 Å². The van der Waals surface area contributed by atoms with Gasteiger partial charge in [0.2, 0.25) is 0 Å². The largest absolute Gasteiger partial charge is 0.469 e. The summed E-state index contributed by atoms with van der Waals surface area (Å²) in [5.74, 6) is 2.37. The molecule has 2 aromatic rings. The van der Waals surface area contributed by atoms with Crippen molar-refractivity contribution < 1.29 is 4.42 Å². The van der Waals surface area contributed by atoms with E-state index in [-0.39, 0.29) is 24.0 Å². The smallest absolute Gasteiger partial charge is 0.191 e. The summed E-state index contributed by atoms with van der Waals surface area (Å²) < 4.78 is 5.35. The zero-order chi connectivity index (χ0) is 16.7. The minimum absolute atomic E-state index is 0. The van der Waals surface area contributed by atoms with Crippen molar-refractivity contribution in [3.8, 4) is 0 Å². The molecule has 2 aromatic heterocycles. The normalized spacial score (nSPS) is 11.5. The van der Waals surface area contributed by atoms with Crippen LogP contribution in [-0.2, 0) is 13.0 Å². The molecular formula is C17H27IN4OS. The molecule has 0 bridgehead atoms. The van der Waals surface area contributed by atoms with E-state index in [1.807, 2.05) is 19.1 Å². The van der Waals surface area contributed by atoms with Crippen LogP contribution in [0.5, 0.6) is 0 Å². The number of thiazole rings is 1. The van der Waals surface area contributed by atoms with Gasteiger partial charge >= 0.3 is 0 Å². The lowest BCUT2D eigenvalue weighted by Gasteiger charge is -2.13. The van der Waals surface area contributed by atoms with Gasteiger partial charge in [-0.15, -0.1) is 35.3 Å². The molecule has 0 spiro atoms. The highest BCUT2D eigenvalue weighted by Crippen LogP contribution is 2.16. The number of aryl methyl sites for hydroxylation is 2. The van der Waals surface area contributed by atoms with E-state index in [1.165, 1.54) is 4.88 Å². The van der Waals surface area contributed by atoms with Gasteiger partial charge in [-0.05, 0) is 31.9 Å². The molecule has 0 aromatic carbocycles. The lowest BCUT2D eigenvalue weighted by molar-refractivity contribution is 0.506. The van der Waals surface area contributed by atoms with Crippen LogP contribution in [0, 0.1) is 19.8 Å². The quantitative estimate of drug-likeness (QED) is 0.372. The average Bonchev–Trinajstić information content (AvgIpc) is 3.12. The van der Waals surface area contributed by atoms with Crippen molar-refractivity contribution in [2.24, 2.45) is 10.9 Å². The minimum atomic E-state index is 0. The second kappa shape index (κ2) is 10.7. The molecule has 0 unspecified atom stereocenters. The summed E-state index contributed by atoms with van der Waals surface area (Å²) >= 11 is 1.71. The number of hydrogen-bond acceptors (Lipinski definition) is 4. The van der Waals surface area contributed by atoms with E-state index in [4.69, 9.17) is 4.42 Å². The standard InChI is InChI=1S/C17H26N4OS.HI/c1-12(2)10-19-17(18-8-7-15-6-5-9-22-15)20-11-16-21-13(3)14(4)23-16;/h5-6,9,12H,7-8,10-11H2,1-4H3,(H2,18,19,20);1H. The Balaban J connectivity index is 0.00000288. The predicted molar refractivity (Wildman–Crippen MR) is 111 cm³/mol. The molecule has 2 N–H and O–H groups in total. The van der Waals surface area contributed by atoms with Crippen molar-refractivity contribution in [3.63, 3.8) is 0 Å². The van der Waals surface area contributed by atoms with Crippen LogP contribution in [0.3, 0.4) is 0 Å². The Morgan fingerprint density at radius 3 is 2.71 bits per heavy atom. The molecule has 24 heavy (non-hydrogen) atoms. The third-order valence-electron chi connectivity index (χ3n) is 3.37. The number of furan rings is 1. The van der Waals surface area contributed by atoms with Gasteiger partial charge in [-0.1, -0.05) is 13.8 Å². The second-order valence-corrected chi connectivity index (χ2v) is 7.23. The average molecular weight is 462 g/mol. The van der Waals surface area contributed by atoms with Crippen LogP contribution in [0.4, 0.5) is 0 Å². The first-order valence-electron chi connectivity index (χ1n) is 8.02. The first-order chi connectivity index (χ1) is 11.0. The molecule has 5 nitrogen and oxygen atoms in total. The third-order valence-corrected chi connectivity index (χ3v) is 4.42. The van der Waals surface area contributed by atoms with Gasteiger partial charge in [0.05, 0.1) is 18.5 Å². The fraction of sp³-hybridized carbons (Fsp3) is 0.529. The highest BCUT2D eigenvalue weighted by atomic mass is 127. The molecule has 0 fully saturated rings. The molecule has 0 radical (unpaired) electrons. The Labute approximate surface area is 165 Å². The zero-order valence-electron chi connectivity index (χ0n) is 14.8. The van der Waals surface area contributed by atoms with Gasteiger partial charge in [-0.2, -0.15) is 0 Å². The summed E-state index contributed by atoms with van der Waals surface area (Å²) in [5, 5.41) is 7.79. The second-order valence-electron chi connectivity index (χ2n) is 5.94. The number of hydrogen-bond donors (Lipinski definition) is 2. The SMILES string of the molecule is Cc1nc(CN=C(NCCc2ccco2)NCC(C)C)sc1C.I. The Kier molecular flexibility index (Phi) is 9.35. The van der Waals surface area contributed by atoms with Crippen LogP contribution in [0.2, 0.25) is 0 Å². The van der Waals surface area contributed by atoms with Crippen molar-refractivity contribution in [2.45, 2.75) is 40.7 Å².